The molecule has 2 aromatic rings. The lowest BCUT2D eigenvalue weighted by molar-refractivity contribution is -0.117. The maximum atomic E-state index is 11.6. The number of primary amides is 1. The van der Waals surface area contributed by atoms with Gasteiger partial charge in [0, 0.05) is 42.7 Å². The molecule has 0 saturated heterocycles. The maximum Gasteiger partial charge on any atom is 0.320 e. The number of hydrogen-bond acceptors (Lipinski definition) is 4. The number of amides is 2. The average molecular weight is 338 g/mol. The molecule has 0 aliphatic carbocycles. The lowest BCUT2D eigenvalue weighted by atomic mass is 9.94. The van der Waals surface area contributed by atoms with E-state index in [2.05, 4.69) is 16.0 Å². The normalized spacial score (nSPS) is 14.7. The molecule has 0 saturated carbocycles. The summed E-state index contributed by atoms with van der Waals surface area (Å²) in [5.74, 6) is 0.942. The second-order valence-corrected chi connectivity index (χ2v) is 6.61. The third-order valence-electron chi connectivity index (χ3n) is 4.55. The Morgan fingerprint density at radius 2 is 2.00 bits per heavy atom. The van der Waals surface area contributed by atoms with Crippen LogP contribution in [-0.2, 0) is 11.2 Å². The highest BCUT2D eigenvalue weighted by Gasteiger charge is 2.22. The number of carbonyl (C=O) groups excluding carboxylic acids is 2. The Bertz CT molecular complexity index is 819. The second kappa shape index (κ2) is 7.01. The SMILES string of the molecule is CC(=O)C[C@H](C)c1cncc(-c2cnc3c(c2)CCCN3C(N)=O)c1. The third kappa shape index (κ3) is 3.68. The van der Waals surface area contributed by atoms with E-state index in [-0.39, 0.29) is 11.7 Å². The van der Waals surface area contributed by atoms with Gasteiger partial charge in [0.15, 0.2) is 0 Å². The molecule has 2 amide bonds. The number of aryl methyl sites for hydroxylation is 1. The monoisotopic (exact) mass is 338 g/mol. The van der Waals surface area contributed by atoms with Crippen molar-refractivity contribution in [3.05, 3.63) is 41.9 Å². The summed E-state index contributed by atoms with van der Waals surface area (Å²) < 4.78 is 0. The van der Waals surface area contributed by atoms with Crippen LogP contribution < -0.4 is 10.6 Å². The van der Waals surface area contributed by atoms with Crippen LogP contribution in [0, 0.1) is 0 Å². The molecule has 1 aliphatic rings. The van der Waals surface area contributed by atoms with Crippen molar-refractivity contribution in [3.63, 3.8) is 0 Å². The molecule has 6 nitrogen and oxygen atoms in total. The first-order chi connectivity index (χ1) is 12.0. The van der Waals surface area contributed by atoms with Gasteiger partial charge in [0.05, 0.1) is 0 Å². The summed E-state index contributed by atoms with van der Waals surface area (Å²) in [5, 5.41) is 0. The van der Waals surface area contributed by atoms with Gasteiger partial charge < -0.3 is 10.5 Å². The molecule has 1 atom stereocenters. The number of anilines is 1. The van der Waals surface area contributed by atoms with Gasteiger partial charge in [-0.15, -0.1) is 0 Å². The first kappa shape index (κ1) is 17.1. The zero-order chi connectivity index (χ0) is 18.0. The lowest BCUT2D eigenvalue weighted by Gasteiger charge is -2.27. The molecule has 2 N–H and O–H groups in total. The van der Waals surface area contributed by atoms with E-state index < -0.39 is 6.03 Å². The van der Waals surface area contributed by atoms with Crippen molar-refractivity contribution in [2.45, 2.75) is 39.0 Å². The first-order valence-corrected chi connectivity index (χ1v) is 8.46. The number of ketones is 1. The number of pyridine rings is 2. The molecule has 0 bridgehead atoms. The van der Waals surface area contributed by atoms with Gasteiger partial charge in [-0.3, -0.25) is 9.88 Å². The number of urea groups is 1. The van der Waals surface area contributed by atoms with E-state index in [1.807, 2.05) is 13.0 Å². The number of Topliss-reactive ketones (excluding diaryl/α,β-unsaturated/α-hetero) is 1. The fraction of sp³-hybridized carbons (Fsp3) is 0.368. The predicted molar refractivity (Wildman–Crippen MR) is 96.4 cm³/mol. The Morgan fingerprint density at radius 1 is 1.24 bits per heavy atom. The minimum atomic E-state index is -0.470. The Hall–Kier alpha value is -2.76. The van der Waals surface area contributed by atoms with Crippen LogP contribution in [-0.4, -0.2) is 28.3 Å². The summed E-state index contributed by atoms with van der Waals surface area (Å²) in [6.45, 7) is 4.23. The van der Waals surface area contributed by atoms with Crippen LogP contribution in [0.5, 0.6) is 0 Å². The van der Waals surface area contributed by atoms with Crippen LogP contribution in [0.4, 0.5) is 10.6 Å². The van der Waals surface area contributed by atoms with Crippen molar-refractivity contribution in [2.24, 2.45) is 5.73 Å². The first-order valence-electron chi connectivity index (χ1n) is 8.46. The molecule has 0 radical (unpaired) electrons. The van der Waals surface area contributed by atoms with E-state index in [0.29, 0.717) is 18.8 Å². The van der Waals surface area contributed by atoms with E-state index in [0.717, 1.165) is 35.1 Å². The van der Waals surface area contributed by atoms with Crippen molar-refractivity contribution >= 4 is 17.6 Å². The molecular weight excluding hydrogens is 316 g/mol. The molecule has 3 heterocycles. The molecule has 6 heteroatoms. The van der Waals surface area contributed by atoms with E-state index >= 15 is 0 Å². The largest absolute Gasteiger partial charge is 0.351 e. The van der Waals surface area contributed by atoms with Crippen LogP contribution in [0.25, 0.3) is 11.1 Å². The number of carbonyl (C=O) groups is 2. The molecule has 0 spiro atoms. The van der Waals surface area contributed by atoms with Crippen molar-refractivity contribution in [2.75, 3.05) is 11.4 Å². The van der Waals surface area contributed by atoms with E-state index in [1.165, 1.54) is 4.90 Å². The van der Waals surface area contributed by atoms with Gasteiger partial charge in [0.1, 0.15) is 11.6 Å². The number of aromatic nitrogens is 2. The van der Waals surface area contributed by atoms with Gasteiger partial charge in [-0.2, -0.15) is 0 Å². The molecule has 25 heavy (non-hydrogen) atoms. The highest BCUT2D eigenvalue weighted by atomic mass is 16.2. The summed E-state index contributed by atoms with van der Waals surface area (Å²) in [6.07, 6.45) is 7.58. The summed E-state index contributed by atoms with van der Waals surface area (Å²) >= 11 is 0. The predicted octanol–water partition coefficient (Wildman–Crippen LogP) is 3.06. The van der Waals surface area contributed by atoms with Crippen molar-refractivity contribution in [3.8, 4) is 11.1 Å². The van der Waals surface area contributed by atoms with E-state index in [9.17, 15) is 9.59 Å². The number of nitrogens with two attached hydrogens (primary N) is 1. The summed E-state index contributed by atoms with van der Waals surface area (Å²) in [4.78, 5) is 33.2. The topological polar surface area (TPSA) is 89.2 Å². The Kier molecular flexibility index (Phi) is 4.79. The van der Waals surface area contributed by atoms with Crippen LogP contribution in [0.15, 0.2) is 30.7 Å². The lowest BCUT2D eigenvalue weighted by Crippen LogP contribution is -2.40. The highest BCUT2D eigenvalue weighted by molar-refractivity contribution is 5.91. The zero-order valence-electron chi connectivity index (χ0n) is 14.5. The Balaban J connectivity index is 1.93. The van der Waals surface area contributed by atoms with Crippen LogP contribution in [0.2, 0.25) is 0 Å². The third-order valence-corrected chi connectivity index (χ3v) is 4.55. The summed E-state index contributed by atoms with van der Waals surface area (Å²) in [5.41, 5.74) is 9.39. The molecule has 2 aromatic heterocycles. The van der Waals surface area contributed by atoms with Gasteiger partial charge >= 0.3 is 6.03 Å². The van der Waals surface area contributed by atoms with Gasteiger partial charge in [0.2, 0.25) is 0 Å². The van der Waals surface area contributed by atoms with Crippen LogP contribution in [0.3, 0.4) is 0 Å². The summed E-state index contributed by atoms with van der Waals surface area (Å²) in [6, 6.07) is 3.63. The minimum absolute atomic E-state index is 0.126. The number of hydrogen-bond donors (Lipinski definition) is 1. The van der Waals surface area contributed by atoms with Crippen LogP contribution >= 0.6 is 0 Å². The molecule has 130 valence electrons. The van der Waals surface area contributed by atoms with Crippen molar-refractivity contribution in [1.29, 1.82) is 0 Å². The van der Waals surface area contributed by atoms with Gasteiger partial charge in [0.25, 0.3) is 0 Å². The highest BCUT2D eigenvalue weighted by Crippen LogP contribution is 2.30. The smallest absolute Gasteiger partial charge is 0.320 e. The van der Waals surface area contributed by atoms with E-state index in [4.69, 9.17) is 5.73 Å². The molecule has 0 aromatic carbocycles. The number of nitrogens with zero attached hydrogens (tertiary/aromatic N) is 3. The Labute approximate surface area is 147 Å². The number of fused-ring (bicyclic) bond motifs is 1. The van der Waals surface area contributed by atoms with Gasteiger partial charge in [-0.05, 0) is 48.9 Å². The van der Waals surface area contributed by atoms with Crippen molar-refractivity contribution in [1.82, 2.24) is 9.97 Å². The maximum absolute atomic E-state index is 11.6. The molecule has 3 rings (SSSR count). The quantitative estimate of drug-likeness (QED) is 0.928. The molecule has 0 unspecified atom stereocenters. The van der Waals surface area contributed by atoms with Gasteiger partial charge in [-0.1, -0.05) is 6.92 Å². The van der Waals surface area contributed by atoms with Crippen molar-refractivity contribution < 1.29 is 9.59 Å². The molecule has 1 aliphatic heterocycles. The second-order valence-electron chi connectivity index (χ2n) is 6.61. The average Bonchev–Trinajstić information content (AvgIpc) is 2.60. The van der Waals surface area contributed by atoms with Gasteiger partial charge in [-0.25, -0.2) is 9.78 Å². The van der Waals surface area contributed by atoms with Crippen LogP contribution in [0.1, 0.15) is 43.7 Å². The molecular formula is C19H22N4O2. The van der Waals surface area contributed by atoms with E-state index in [1.54, 1.807) is 25.5 Å². The fourth-order valence-electron chi connectivity index (χ4n) is 3.27. The number of rotatable bonds is 4. The summed E-state index contributed by atoms with van der Waals surface area (Å²) in [7, 11) is 0. The molecule has 0 fully saturated rings. The fourth-order valence-corrected chi connectivity index (χ4v) is 3.27. The minimum Gasteiger partial charge on any atom is -0.351 e. The standard InChI is InChI=1S/C19H22N4O2/c1-12(6-13(2)24)15-8-16(10-21-9-15)17-7-14-4-3-5-23(19(20)25)18(14)22-11-17/h7-12H,3-6H2,1-2H3,(H2,20,25)/t12-/m0/s1. The Morgan fingerprint density at radius 3 is 2.72 bits per heavy atom. The zero-order valence-corrected chi connectivity index (χ0v) is 14.5.